The van der Waals surface area contributed by atoms with E-state index in [-0.39, 0.29) is 33.5 Å². The monoisotopic (exact) mass is 613 g/mol. The van der Waals surface area contributed by atoms with Crippen LogP contribution in [-0.2, 0) is 24.8 Å². The zero-order chi connectivity index (χ0) is 29.6. The highest BCUT2D eigenvalue weighted by Crippen LogP contribution is 2.33. The Kier molecular flexibility index (Phi) is 9.21. The van der Waals surface area contributed by atoms with Gasteiger partial charge in [-0.05, 0) is 92.2 Å². The van der Waals surface area contributed by atoms with Gasteiger partial charge in [0, 0.05) is 16.4 Å². The number of benzene rings is 4. The fourth-order valence-corrected chi connectivity index (χ4v) is 6.55. The average molecular weight is 614 g/mol. The first kappa shape index (κ1) is 29.9. The highest BCUT2D eigenvalue weighted by molar-refractivity contribution is 7.93. The average Bonchev–Trinajstić information content (AvgIpc) is 2.93. The number of para-hydroxylation sites is 2. The number of carbonyl (C=O) groups is 1. The van der Waals surface area contributed by atoms with Gasteiger partial charge in [-0.15, -0.1) is 0 Å². The van der Waals surface area contributed by atoms with Crippen molar-refractivity contribution in [2.75, 3.05) is 27.5 Å². The molecule has 1 amide bonds. The van der Waals surface area contributed by atoms with Gasteiger partial charge in [-0.1, -0.05) is 35.9 Å². The highest BCUT2D eigenvalue weighted by atomic mass is 35.5. The smallest absolute Gasteiger partial charge is 0.264 e. The topological polar surface area (TPSA) is 122 Å². The molecule has 41 heavy (non-hydrogen) atoms. The Morgan fingerprint density at radius 2 is 1.49 bits per heavy atom. The van der Waals surface area contributed by atoms with E-state index in [1.54, 1.807) is 49.4 Å². The van der Waals surface area contributed by atoms with Crippen LogP contribution in [0.4, 0.5) is 17.1 Å². The van der Waals surface area contributed by atoms with Gasteiger partial charge < -0.3 is 10.1 Å². The third-order valence-corrected chi connectivity index (χ3v) is 9.26. The number of ether oxygens (including phenoxy) is 1. The molecule has 4 aromatic rings. The van der Waals surface area contributed by atoms with E-state index >= 15 is 0 Å². The largest absolute Gasteiger partial charge is 0.492 e. The van der Waals surface area contributed by atoms with E-state index in [4.69, 9.17) is 16.3 Å². The standard InChI is InChI=1S/C29H28ClN3O6S2/c1-3-39-28-10-5-4-9-27(28)33(41(37,38)26-15-11-22(30)12-16-26)20-29(34)31-23-13-17-25(18-14-23)40(35,36)32-24-8-6-7-21(2)19-24/h4-19,32H,3,20H2,1-2H3,(H,31,34). The molecule has 9 nitrogen and oxygen atoms in total. The van der Waals surface area contributed by atoms with Crippen molar-refractivity contribution in [3.63, 3.8) is 0 Å². The minimum atomic E-state index is -4.21. The highest BCUT2D eigenvalue weighted by Gasteiger charge is 2.29. The number of aryl methyl sites for hydroxylation is 1. The van der Waals surface area contributed by atoms with Crippen LogP contribution in [0.5, 0.6) is 5.75 Å². The van der Waals surface area contributed by atoms with Crippen molar-refractivity contribution >= 4 is 54.6 Å². The first-order chi connectivity index (χ1) is 19.5. The molecule has 0 spiro atoms. The second-order valence-electron chi connectivity index (χ2n) is 8.91. The summed E-state index contributed by atoms with van der Waals surface area (Å²) < 4.78 is 62.1. The fraction of sp³-hybridized carbons (Fsp3) is 0.138. The molecular formula is C29H28ClN3O6S2. The molecule has 0 saturated heterocycles. The Balaban J connectivity index is 1.57. The van der Waals surface area contributed by atoms with Crippen LogP contribution < -0.4 is 19.1 Å². The van der Waals surface area contributed by atoms with Crippen molar-refractivity contribution in [3.05, 3.63) is 108 Å². The number of nitrogens with one attached hydrogen (secondary N) is 2. The number of hydrogen-bond acceptors (Lipinski definition) is 6. The van der Waals surface area contributed by atoms with E-state index in [0.717, 1.165) is 9.87 Å². The Hall–Kier alpha value is -4.06. The molecule has 0 atom stereocenters. The van der Waals surface area contributed by atoms with E-state index in [1.165, 1.54) is 48.5 Å². The maximum Gasteiger partial charge on any atom is 0.264 e. The molecule has 0 bridgehead atoms. The van der Waals surface area contributed by atoms with Gasteiger partial charge in [0.25, 0.3) is 20.0 Å². The van der Waals surface area contributed by atoms with Gasteiger partial charge >= 0.3 is 0 Å². The van der Waals surface area contributed by atoms with Gasteiger partial charge in [0.15, 0.2) is 0 Å². The van der Waals surface area contributed by atoms with E-state index in [9.17, 15) is 21.6 Å². The number of anilines is 3. The molecule has 0 aliphatic carbocycles. The number of sulfonamides is 2. The van der Waals surface area contributed by atoms with Crippen molar-refractivity contribution in [1.82, 2.24) is 0 Å². The summed E-state index contributed by atoms with van der Waals surface area (Å²) in [6.45, 7) is 3.32. The van der Waals surface area contributed by atoms with Crippen molar-refractivity contribution in [3.8, 4) is 5.75 Å². The second kappa shape index (κ2) is 12.6. The van der Waals surface area contributed by atoms with E-state index < -0.39 is 32.5 Å². The summed E-state index contributed by atoms with van der Waals surface area (Å²) in [5, 5.41) is 3.00. The zero-order valence-electron chi connectivity index (χ0n) is 22.2. The van der Waals surface area contributed by atoms with Crippen LogP contribution in [0.2, 0.25) is 5.02 Å². The minimum Gasteiger partial charge on any atom is -0.492 e. The van der Waals surface area contributed by atoms with Gasteiger partial charge in [-0.25, -0.2) is 16.8 Å². The Labute approximate surface area is 244 Å². The molecule has 214 valence electrons. The van der Waals surface area contributed by atoms with Crippen LogP contribution >= 0.6 is 11.6 Å². The lowest BCUT2D eigenvalue weighted by Gasteiger charge is -2.26. The van der Waals surface area contributed by atoms with Crippen molar-refractivity contribution in [1.29, 1.82) is 0 Å². The lowest BCUT2D eigenvalue weighted by atomic mass is 10.2. The van der Waals surface area contributed by atoms with Gasteiger partial charge in [0.05, 0.1) is 22.1 Å². The van der Waals surface area contributed by atoms with Gasteiger partial charge in [0.1, 0.15) is 12.3 Å². The van der Waals surface area contributed by atoms with Crippen LogP contribution in [-0.4, -0.2) is 35.9 Å². The Morgan fingerprint density at radius 3 is 2.15 bits per heavy atom. The third-order valence-electron chi connectivity index (χ3n) is 5.84. The van der Waals surface area contributed by atoms with Gasteiger partial charge in [-0.3, -0.25) is 13.8 Å². The first-order valence-corrected chi connectivity index (χ1v) is 15.8. The summed E-state index contributed by atoms with van der Waals surface area (Å²) in [6.07, 6.45) is 0. The molecule has 2 N–H and O–H groups in total. The van der Waals surface area contributed by atoms with E-state index in [2.05, 4.69) is 10.0 Å². The number of rotatable bonds is 11. The van der Waals surface area contributed by atoms with E-state index in [1.807, 2.05) is 13.0 Å². The third kappa shape index (κ3) is 7.37. The van der Waals surface area contributed by atoms with Crippen LogP contribution in [0.25, 0.3) is 0 Å². The molecule has 0 aliphatic rings. The fourth-order valence-electron chi connectivity index (χ4n) is 3.95. The lowest BCUT2D eigenvalue weighted by molar-refractivity contribution is -0.114. The molecule has 4 rings (SSSR count). The van der Waals surface area contributed by atoms with E-state index in [0.29, 0.717) is 10.7 Å². The molecule has 0 radical (unpaired) electrons. The normalized spacial score (nSPS) is 11.5. The van der Waals surface area contributed by atoms with Crippen LogP contribution in [0, 0.1) is 6.92 Å². The molecule has 0 aromatic heterocycles. The van der Waals surface area contributed by atoms with Crippen LogP contribution in [0.1, 0.15) is 12.5 Å². The number of amides is 1. The van der Waals surface area contributed by atoms with Crippen LogP contribution in [0.15, 0.2) is 107 Å². The van der Waals surface area contributed by atoms with Crippen LogP contribution in [0.3, 0.4) is 0 Å². The molecule has 0 unspecified atom stereocenters. The maximum atomic E-state index is 13.7. The maximum absolute atomic E-state index is 13.7. The summed E-state index contributed by atoms with van der Waals surface area (Å²) in [7, 11) is -8.08. The number of carbonyl (C=O) groups excluding carboxylic acids is 1. The number of hydrogen-bond donors (Lipinski definition) is 2. The van der Waals surface area contributed by atoms with Gasteiger partial charge in [-0.2, -0.15) is 0 Å². The predicted molar refractivity (Wildman–Crippen MR) is 161 cm³/mol. The molecule has 12 heteroatoms. The summed E-state index contributed by atoms with van der Waals surface area (Å²) >= 11 is 5.95. The first-order valence-electron chi connectivity index (χ1n) is 12.5. The number of halogens is 1. The predicted octanol–water partition coefficient (Wildman–Crippen LogP) is 5.68. The minimum absolute atomic E-state index is 0.00501. The summed E-state index contributed by atoms with van der Waals surface area (Å²) in [5.41, 5.74) is 1.80. The summed E-state index contributed by atoms with van der Waals surface area (Å²) in [4.78, 5) is 13.1. The molecule has 0 heterocycles. The molecule has 0 aliphatic heterocycles. The lowest BCUT2D eigenvalue weighted by Crippen LogP contribution is -2.38. The summed E-state index contributed by atoms with van der Waals surface area (Å²) in [5.74, 6) is -0.363. The molecule has 0 saturated carbocycles. The Morgan fingerprint density at radius 1 is 0.829 bits per heavy atom. The number of nitrogens with zero attached hydrogens (tertiary/aromatic N) is 1. The zero-order valence-corrected chi connectivity index (χ0v) is 24.6. The van der Waals surface area contributed by atoms with Crippen molar-refractivity contribution in [2.24, 2.45) is 0 Å². The van der Waals surface area contributed by atoms with Crippen molar-refractivity contribution in [2.45, 2.75) is 23.6 Å². The SMILES string of the molecule is CCOc1ccccc1N(CC(=O)Nc1ccc(S(=O)(=O)Nc2cccc(C)c2)cc1)S(=O)(=O)c1ccc(Cl)cc1. The Bertz CT molecular complexity index is 1740. The van der Waals surface area contributed by atoms with Crippen molar-refractivity contribution < 1.29 is 26.4 Å². The quantitative estimate of drug-likeness (QED) is 0.224. The molecule has 0 fully saturated rings. The molecular weight excluding hydrogens is 586 g/mol. The molecule has 4 aromatic carbocycles. The second-order valence-corrected chi connectivity index (χ2v) is 12.9. The van der Waals surface area contributed by atoms with Gasteiger partial charge in [0.2, 0.25) is 5.91 Å². The summed E-state index contributed by atoms with van der Waals surface area (Å²) in [6, 6.07) is 24.6.